The van der Waals surface area contributed by atoms with Gasteiger partial charge < -0.3 is 14.7 Å². The minimum absolute atomic E-state index is 0.104. The van der Waals surface area contributed by atoms with Crippen LogP contribution in [0.2, 0.25) is 0 Å². The molecule has 0 aliphatic carbocycles. The summed E-state index contributed by atoms with van der Waals surface area (Å²) in [5.74, 6) is 0.238. The predicted octanol–water partition coefficient (Wildman–Crippen LogP) is 1.89. The lowest BCUT2D eigenvalue weighted by Gasteiger charge is -2.30. The Kier molecular flexibility index (Phi) is 4.04. The second kappa shape index (κ2) is 4.63. The lowest BCUT2D eigenvalue weighted by atomic mass is 9.82. The van der Waals surface area contributed by atoms with Crippen LogP contribution in [0.4, 0.5) is 0 Å². The first-order chi connectivity index (χ1) is 7.14. The van der Waals surface area contributed by atoms with E-state index in [-0.39, 0.29) is 23.2 Å². The summed E-state index contributed by atoms with van der Waals surface area (Å²) in [5, 5.41) is 10.3. The monoisotopic (exact) mass is 229 g/mol. The summed E-state index contributed by atoms with van der Waals surface area (Å²) in [4.78, 5) is 2.11. The Bertz CT molecular complexity index is 236. The van der Waals surface area contributed by atoms with Crippen LogP contribution in [0.15, 0.2) is 0 Å². The second-order valence-electron chi connectivity index (χ2n) is 6.44. The van der Waals surface area contributed by atoms with Gasteiger partial charge in [-0.1, -0.05) is 0 Å². The van der Waals surface area contributed by atoms with E-state index in [1.54, 1.807) is 0 Å². The maximum atomic E-state index is 10.3. The van der Waals surface area contributed by atoms with Crippen molar-refractivity contribution in [3.63, 3.8) is 0 Å². The Morgan fingerprint density at radius 3 is 2.25 bits per heavy atom. The highest BCUT2D eigenvalue weighted by Gasteiger charge is 2.48. The van der Waals surface area contributed by atoms with Crippen LogP contribution in [-0.4, -0.2) is 48.0 Å². The molecule has 1 heterocycles. The molecule has 0 spiro atoms. The number of rotatable bonds is 4. The van der Waals surface area contributed by atoms with Crippen molar-refractivity contribution in [1.29, 1.82) is 0 Å². The van der Waals surface area contributed by atoms with Gasteiger partial charge in [0.25, 0.3) is 0 Å². The quantitative estimate of drug-likeness (QED) is 0.799. The predicted molar refractivity (Wildman–Crippen MR) is 66.5 cm³/mol. The lowest BCUT2D eigenvalue weighted by Crippen LogP contribution is -2.37. The zero-order valence-corrected chi connectivity index (χ0v) is 11.6. The molecule has 0 radical (unpaired) electrons. The maximum absolute atomic E-state index is 10.3. The Morgan fingerprint density at radius 1 is 1.31 bits per heavy atom. The molecule has 1 fully saturated rings. The molecular weight excluding hydrogens is 202 g/mol. The number of hydrogen-bond donors (Lipinski definition) is 1. The van der Waals surface area contributed by atoms with Crippen LogP contribution in [0.5, 0.6) is 0 Å². The average Bonchev–Trinajstić information content (AvgIpc) is 2.30. The van der Waals surface area contributed by atoms with Crippen molar-refractivity contribution < 1.29 is 9.84 Å². The van der Waals surface area contributed by atoms with Crippen molar-refractivity contribution >= 4 is 0 Å². The van der Waals surface area contributed by atoms with E-state index >= 15 is 0 Å². The van der Waals surface area contributed by atoms with E-state index in [1.807, 2.05) is 14.1 Å². The maximum Gasteiger partial charge on any atom is 0.0687 e. The number of hydrogen-bond acceptors (Lipinski definition) is 3. The van der Waals surface area contributed by atoms with E-state index in [4.69, 9.17) is 4.74 Å². The normalized spacial score (nSPS) is 29.6. The number of aliphatic hydroxyl groups excluding tert-OH is 1. The summed E-state index contributed by atoms with van der Waals surface area (Å²) < 4.78 is 6.00. The smallest absolute Gasteiger partial charge is 0.0687 e. The minimum atomic E-state index is -0.265. The number of nitrogens with zero attached hydrogens (tertiary/aromatic N) is 1. The Hall–Kier alpha value is -0.120. The van der Waals surface area contributed by atoms with Gasteiger partial charge in [-0.15, -0.1) is 0 Å². The van der Waals surface area contributed by atoms with Gasteiger partial charge in [-0.3, -0.25) is 0 Å². The minimum Gasteiger partial charge on any atom is -0.393 e. The topological polar surface area (TPSA) is 32.7 Å². The third kappa shape index (κ3) is 3.44. The van der Waals surface area contributed by atoms with Gasteiger partial charge in [0.1, 0.15) is 0 Å². The van der Waals surface area contributed by atoms with Crippen LogP contribution in [0.3, 0.4) is 0 Å². The SMILES string of the molecule is CN(C)CCC(O)C1CC(C)(C)OC1(C)C. The third-order valence-electron chi connectivity index (χ3n) is 3.48. The second-order valence-corrected chi connectivity index (χ2v) is 6.44. The van der Waals surface area contributed by atoms with Crippen LogP contribution in [-0.2, 0) is 4.74 Å². The van der Waals surface area contributed by atoms with Crippen LogP contribution >= 0.6 is 0 Å². The van der Waals surface area contributed by atoms with E-state index in [0.29, 0.717) is 0 Å². The fraction of sp³-hybridized carbons (Fsp3) is 1.00. The molecule has 1 saturated heterocycles. The summed E-state index contributed by atoms with van der Waals surface area (Å²) in [6, 6.07) is 0. The molecule has 1 aliphatic rings. The molecule has 96 valence electrons. The molecule has 3 nitrogen and oxygen atoms in total. The molecule has 16 heavy (non-hydrogen) atoms. The van der Waals surface area contributed by atoms with Crippen LogP contribution in [0.25, 0.3) is 0 Å². The van der Waals surface area contributed by atoms with Crippen LogP contribution in [0.1, 0.15) is 40.5 Å². The molecule has 2 atom stereocenters. The van der Waals surface area contributed by atoms with Crippen molar-refractivity contribution in [3.05, 3.63) is 0 Å². The molecule has 0 aromatic rings. The third-order valence-corrected chi connectivity index (χ3v) is 3.48. The van der Waals surface area contributed by atoms with Crippen molar-refractivity contribution in [3.8, 4) is 0 Å². The highest BCUT2D eigenvalue weighted by molar-refractivity contribution is 4.97. The van der Waals surface area contributed by atoms with Gasteiger partial charge in [0, 0.05) is 5.92 Å². The molecule has 1 rings (SSSR count). The van der Waals surface area contributed by atoms with Gasteiger partial charge in [0.15, 0.2) is 0 Å². The van der Waals surface area contributed by atoms with Crippen LogP contribution < -0.4 is 0 Å². The molecule has 0 aromatic carbocycles. The van der Waals surface area contributed by atoms with Gasteiger partial charge in [-0.2, -0.15) is 0 Å². The molecule has 0 amide bonds. The number of aliphatic hydroxyl groups is 1. The van der Waals surface area contributed by atoms with E-state index in [9.17, 15) is 5.11 Å². The largest absolute Gasteiger partial charge is 0.393 e. The zero-order chi connectivity index (χ0) is 12.6. The van der Waals surface area contributed by atoms with Gasteiger partial charge in [-0.25, -0.2) is 0 Å². The Balaban J connectivity index is 2.59. The lowest BCUT2D eigenvalue weighted by molar-refractivity contribution is -0.0884. The highest BCUT2D eigenvalue weighted by atomic mass is 16.5. The first kappa shape index (κ1) is 13.9. The van der Waals surface area contributed by atoms with Gasteiger partial charge in [-0.05, 0) is 61.2 Å². The summed E-state index contributed by atoms with van der Waals surface area (Å²) in [7, 11) is 4.07. The number of ether oxygens (including phenoxy) is 1. The fourth-order valence-corrected chi connectivity index (χ4v) is 2.80. The average molecular weight is 229 g/mol. The Labute approximate surface area is 99.8 Å². The van der Waals surface area contributed by atoms with Gasteiger partial charge in [0.2, 0.25) is 0 Å². The van der Waals surface area contributed by atoms with Crippen LogP contribution in [0, 0.1) is 5.92 Å². The van der Waals surface area contributed by atoms with E-state index in [1.165, 1.54) is 0 Å². The molecule has 1 N–H and O–H groups in total. The van der Waals surface area contributed by atoms with Crippen molar-refractivity contribution in [2.45, 2.75) is 57.8 Å². The molecule has 1 aliphatic heterocycles. The van der Waals surface area contributed by atoms with E-state index in [0.717, 1.165) is 19.4 Å². The highest BCUT2D eigenvalue weighted by Crippen LogP contribution is 2.44. The fourth-order valence-electron chi connectivity index (χ4n) is 2.80. The van der Waals surface area contributed by atoms with Gasteiger partial charge >= 0.3 is 0 Å². The molecule has 2 unspecified atom stereocenters. The summed E-state index contributed by atoms with van der Waals surface area (Å²) >= 11 is 0. The summed E-state index contributed by atoms with van der Waals surface area (Å²) in [6.45, 7) is 9.31. The van der Waals surface area contributed by atoms with E-state index < -0.39 is 0 Å². The molecule has 0 saturated carbocycles. The standard InChI is InChI=1S/C13H27NO2/c1-12(2)9-10(13(3,4)16-12)11(15)7-8-14(5)6/h10-11,15H,7-9H2,1-6H3. The molecule has 3 heteroatoms. The van der Waals surface area contributed by atoms with Gasteiger partial charge in [0.05, 0.1) is 17.3 Å². The molecular formula is C13H27NO2. The molecule has 0 bridgehead atoms. The first-order valence-electron chi connectivity index (χ1n) is 6.17. The zero-order valence-electron chi connectivity index (χ0n) is 11.6. The summed E-state index contributed by atoms with van der Waals surface area (Å²) in [5.41, 5.74) is -0.317. The Morgan fingerprint density at radius 2 is 1.88 bits per heavy atom. The summed E-state index contributed by atoms with van der Waals surface area (Å²) in [6.07, 6.45) is 1.49. The van der Waals surface area contributed by atoms with E-state index in [2.05, 4.69) is 32.6 Å². The first-order valence-corrected chi connectivity index (χ1v) is 6.17. The van der Waals surface area contributed by atoms with Crippen molar-refractivity contribution in [1.82, 2.24) is 4.90 Å². The van der Waals surface area contributed by atoms with Crippen molar-refractivity contribution in [2.75, 3.05) is 20.6 Å². The molecule has 0 aromatic heterocycles. The van der Waals surface area contributed by atoms with Crippen molar-refractivity contribution in [2.24, 2.45) is 5.92 Å².